The van der Waals surface area contributed by atoms with Crippen molar-refractivity contribution in [2.24, 2.45) is 0 Å². The molecule has 2 heterocycles. The van der Waals surface area contributed by atoms with Crippen LogP contribution in [-0.2, 0) is 13.0 Å². The van der Waals surface area contributed by atoms with Gasteiger partial charge in [-0.3, -0.25) is 9.59 Å². The Morgan fingerprint density at radius 1 is 1.11 bits per heavy atom. The Balaban J connectivity index is 1.81. The van der Waals surface area contributed by atoms with Gasteiger partial charge in [-0.05, 0) is 43.3 Å². The summed E-state index contributed by atoms with van der Waals surface area (Å²) < 4.78 is 8.29. The van der Waals surface area contributed by atoms with E-state index in [9.17, 15) is 9.59 Å². The van der Waals surface area contributed by atoms with E-state index in [0.29, 0.717) is 29.2 Å². The maximum Gasteiger partial charge on any atom is 0.281 e. The van der Waals surface area contributed by atoms with Crippen molar-refractivity contribution in [2.45, 2.75) is 19.9 Å². The van der Waals surface area contributed by atoms with Gasteiger partial charge in [0.25, 0.3) is 5.56 Å². The van der Waals surface area contributed by atoms with Crippen LogP contribution in [0.25, 0.3) is 16.8 Å². The van der Waals surface area contributed by atoms with Crippen LogP contribution in [0.15, 0.2) is 53.3 Å². The summed E-state index contributed by atoms with van der Waals surface area (Å²) in [6, 6.07) is 14.2. The van der Waals surface area contributed by atoms with Gasteiger partial charge in [0.15, 0.2) is 5.78 Å². The van der Waals surface area contributed by atoms with Crippen LogP contribution in [0.1, 0.15) is 23.0 Å². The minimum absolute atomic E-state index is 0.0758. The molecular weight excluding hydrogens is 344 g/mol. The number of methoxy groups -OCH3 is 1. The first-order chi connectivity index (χ1) is 13.1. The molecule has 0 saturated carbocycles. The summed E-state index contributed by atoms with van der Waals surface area (Å²) >= 11 is 0. The predicted molar refractivity (Wildman–Crippen MR) is 101 cm³/mol. The molecule has 0 saturated heterocycles. The van der Waals surface area contributed by atoms with Gasteiger partial charge in [0.05, 0.1) is 24.6 Å². The van der Waals surface area contributed by atoms with Crippen molar-refractivity contribution in [3.05, 3.63) is 70.1 Å². The van der Waals surface area contributed by atoms with Gasteiger partial charge in [-0.2, -0.15) is 5.10 Å². The molecule has 2 aromatic carbocycles. The number of Topliss-reactive ketones (excluding diaryl/α,β-unsaturated/α-hetero) is 1. The summed E-state index contributed by atoms with van der Waals surface area (Å²) in [5, 5.41) is 4.39. The van der Waals surface area contributed by atoms with Crippen LogP contribution in [0.5, 0.6) is 5.75 Å². The highest BCUT2D eigenvalue weighted by molar-refractivity contribution is 5.97. The van der Waals surface area contributed by atoms with E-state index in [-0.39, 0.29) is 23.5 Å². The molecule has 0 bridgehead atoms. The van der Waals surface area contributed by atoms with Crippen molar-refractivity contribution in [2.75, 3.05) is 7.11 Å². The number of ketones is 1. The Morgan fingerprint density at radius 2 is 1.85 bits per heavy atom. The quantitative estimate of drug-likeness (QED) is 0.510. The third kappa shape index (κ3) is 2.87. The summed E-state index contributed by atoms with van der Waals surface area (Å²) in [7, 11) is 1.57. The number of carbonyl (C=O) groups excluding carboxylic acids is 1. The second-order valence-electron chi connectivity index (χ2n) is 6.13. The smallest absolute Gasteiger partial charge is 0.281 e. The van der Waals surface area contributed by atoms with Gasteiger partial charge in [-0.25, -0.2) is 14.1 Å². The number of imidazole rings is 1. The van der Waals surface area contributed by atoms with Crippen molar-refractivity contribution in [1.82, 2.24) is 19.2 Å². The van der Waals surface area contributed by atoms with Crippen LogP contribution in [0.3, 0.4) is 0 Å². The van der Waals surface area contributed by atoms with E-state index in [1.807, 2.05) is 31.2 Å². The number of nitrogens with zero attached hydrogens (tertiary/aromatic N) is 4. The molecule has 0 spiro atoms. The first-order valence-electron chi connectivity index (χ1n) is 8.67. The number of benzene rings is 2. The number of aryl methyl sites for hydroxylation is 1. The van der Waals surface area contributed by atoms with Gasteiger partial charge in [0.2, 0.25) is 5.78 Å². The molecule has 4 aromatic rings. The molecule has 7 nitrogen and oxygen atoms in total. The van der Waals surface area contributed by atoms with Crippen molar-refractivity contribution < 1.29 is 9.53 Å². The van der Waals surface area contributed by atoms with Crippen LogP contribution in [-0.4, -0.2) is 32.1 Å². The molecule has 0 radical (unpaired) electrons. The molecule has 27 heavy (non-hydrogen) atoms. The Labute approximate surface area is 154 Å². The molecule has 0 aliphatic rings. The number of hydrogen-bond donors (Lipinski definition) is 0. The molecular formula is C20H18N4O3. The zero-order valence-corrected chi connectivity index (χ0v) is 15.0. The Morgan fingerprint density at radius 3 is 2.56 bits per heavy atom. The minimum atomic E-state index is -0.315. The number of para-hydroxylation sites is 2. The minimum Gasteiger partial charge on any atom is -0.497 e. The van der Waals surface area contributed by atoms with Gasteiger partial charge in [0, 0.05) is 12.1 Å². The van der Waals surface area contributed by atoms with E-state index in [1.165, 1.54) is 4.40 Å². The molecule has 7 heteroatoms. The molecule has 0 fully saturated rings. The van der Waals surface area contributed by atoms with Crippen LogP contribution in [0.2, 0.25) is 0 Å². The van der Waals surface area contributed by atoms with Gasteiger partial charge < -0.3 is 4.74 Å². The maximum atomic E-state index is 13.0. The zero-order valence-electron chi connectivity index (χ0n) is 15.0. The Bertz CT molecular complexity index is 1210. The largest absolute Gasteiger partial charge is 0.497 e. The van der Waals surface area contributed by atoms with Crippen molar-refractivity contribution in [3.63, 3.8) is 0 Å². The fraction of sp³-hybridized carbons (Fsp3) is 0.200. The lowest BCUT2D eigenvalue weighted by atomic mass is 10.1. The molecule has 136 valence electrons. The number of ether oxygens (including phenoxy) is 1. The number of hydrogen-bond acceptors (Lipinski definition) is 5. The third-order valence-corrected chi connectivity index (χ3v) is 4.50. The normalized spacial score (nSPS) is 11.2. The molecule has 0 amide bonds. The predicted octanol–water partition coefficient (Wildman–Crippen LogP) is 2.50. The average molecular weight is 362 g/mol. The van der Waals surface area contributed by atoms with E-state index < -0.39 is 0 Å². The highest BCUT2D eigenvalue weighted by atomic mass is 16.5. The van der Waals surface area contributed by atoms with Crippen molar-refractivity contribution in [3.8, 4) is 5.75 Å². The summed E-state index contributed by atoms with van der Waals surface area (Å²) in [5.41, 5.74) is 1.83. The summed E-state index contributed by atoms with van der Waals surface area (Å²) in [6.45, 7) is 2.46. The molecule has 0 aliphatic heterocycles. The van der Waals surface area contributed by atoms with Gasteiger partial charge in [-0.1, -0.05) is 12.1 Å². The molecule has 4 rings (SSSR count). The number of fused-ring (bicyclic) bond motifs is 3. The lowest BCUT2D eigenvalue weighted by Gasteiger charge is -2.08. The first kappa shape index (κ1) is 17.0. The highest BCUT2D eigenvalue weighted by Gasteiger charge is 2.18. The highest BCUT2D eigenvalue weighted by Crippen LogP contribution is 2.15. The van der Waals surface area contributed by atoms with E-state index >= 15 is 0 Å². The second-order valence-corrected chi connectivity index (χ2v) is 6.13. The van der Waals surface area contributed by atoms with Crippen molar-refractivity contribution in [1.29, 1.82) is 0 Å². The fourth-order valence-corrected chi connectivity index (χ4v) is 3.10. The summed E-state index contributed by atoms with van der Waals surface area (Å²) in [5.74, 6) is 0.974. The Kier molecular flexibility index (Phi) is 4.19. The van der Waals surface area contributed by atoms with E-state index in [0.717, 1.165) is 5.52 Å². The van der Waals surface area contributed by atoms with Crippen LogP contribution < -0.4 is 10.3 Å². The molecule has 0 N–H and O–H groups in total. The second kappa shape index (κ2) is 6.68. The molecule has 0 atom stereocenters. The first-order valence-corrected chi connectivity index (χ1v) is 8.67. The zero-order chi connectivity index (χ0) is 19.0. The third-order valence-electron chi connectivity index (χ3n) is 4.50. The number of aromatic nitrogens is 4. The molecule has 2 aromatic heterocycles. The standard InChI is InChI=1S/C20H18N4O3/c1-3-23-20-21-15-6-4-5-7-17(15)24(20)19(26)16(22-23)12-18(25)13-8-10-14(27-2)11-9-13/h4-11H,3,12H2,1-2H3. The topological polar surface area (TPSA) is 78.5 Å². The van der Waals surface area contributed by atoms with E-state index in [1.54, 1.807) is 36.1 Å². The summed E-state index contributed by atoms with van der Waals surface area (Å²) in [4.78, 5) is 30.2. The van der Waals surface area contributed by atoms with Gasteiger partial charge >= 0.3 is 0 Å². The van der Waals surface area contributed by atoms with E-state index in [2.05, 4.69) is 10.1 Å². The van der Waals surface area contributed by atoms with Crippen molar-refractivity contribution >= 4 is 22.6 Å². The van der Waals surface area contributed by atoms with E-state index in [4.69, 9.17) is 4.74 Å². The number of carbonyl (C=O) groups is 1. The van der Waals surface area contributed by atoms with Crippen LogP contribution in [0, 0.1) is 0 Å². The average Bonchev–Trinajstić information content (AvgIpc) is 3.10. The SMILES string of the molecule is CCn1nc(CC(=O)c2ccc(OC)cc2)c(=O)n2c3ccccc3nc12. The summed E-state index contributed by atoms with van der Waals surface area (Å²) in [6.07, 6.45) is -0.0758. The molecule has 0 aliphatic carbocycles. The lowest BCUT2D eigenvalue weighted by molar-refractivity contribution is 0.0991. The Hall–Kier alpha value is -3.48. The maximum absolute atomic E-state index is 13.0. The lowest BCUT2D eigenvalue weighted by Crippen LogP contribution is -2.27. The molecule has 0 unspecified atom stereocenters. The van der Waals surface area contributed by atoms with Crippen LogP contribution >= 0.6 is 0 Å². The van der Waals surface area contributed by atoms with Crippen LogP contribution in [0.4, 0.5) is 0 Å². The monoisotopic (exact) mass is 362 g/mol. The fourth-order valence-electron chi connectivity index (χ4n) is 3.10. The van der Waals surface area contributed by atoms with Gasteiger partial charge in [0.1, 0.15) is 11.4 Å². The van der Waals surface area contributed by atoms with Gasteiger partial charge in [-0.15, -0.1) is 0 Å². The number of rotatable bonds is 5.